The monoisotopic (exact) mass is 189 g/mol. The summed E-state index contributed by atoms with van der Waals surface area (Å²) in [5.41, 5.74) is 8.73. The highest BCUT2D eigenvalue weighted by Crippen LogP contribution is 2.33. The highest BCUT2D eigenvalue weighted by atomic mass is 16.1. The molecule has 0 fully saturated rings. The van der Waals surface area contributed by atoms with Crippen molar-refractivity contribution in [2.75, 3.05) is 0 Å². The number of carbonyl (C=O) groups excluding carboxylic acids is 1. The average molecular weight is 189 g/mol. The predicted octanol–water partition coefficient (Wildman–Crippen LogP) is 2.23. The molecule has 0 aromatic heterocycles. The summed E-state index contributed by atoms with van der Waals surface area (Å²) in [7, 11) is 0. The molecule has 0 aromatic rings. The van der Waals surface area contributed by atoms with Crippen molar-refractivity contribution in [3.63, 3.8) is 0 Å². The summed E-state index contributed by atoms with van der Waals surface area (Å²) in [4.78, 5) is 11.2. The Morgan fingerprint density at radius 1 is 1.29 bits per heavy atom. The number of hydrogen-bond donors (Lipinski definition) is 1. The molecule has 2 rings (SSSR count). The van der Waals surface area contributed by atoms with Crippen molar-refractivity contribution < 1.29 is 4.79 Å². The molecule has 2 nitrogen and oxygen atoms in total. The molecule has 0 saturated heterocycles. The number of amides is 1. The molecule has 2 N–H and O–H groups in total. The van der Waals surface area contributed by atoms with Crippen molar-refractivity contribution in [3.8, 4) is 0 Å². The lowest BCUT2D eigenvalue weighted by Gasteiger charge is -2.19. The normalized spacial score (nSPS) is 21.3. The fourth-order valence-electron chi connectivity index (χ4n) is 2.22. The van der Waals surface area contributed by atoms with Crippen LogP contribution in [0, 0.1) is 0 Å². The van der Waals surface area contributed by atoms with E-state index >= 15 is 0 Å². The Hall–Kier alpha value is -1.31. The van der Waals surface area contributed by atoms with E-state index in [4.69, 9.17) is 5.73 Å². The molecule has 0 bridgehead atoms. The van der Waals surface area contributed by atoms with Crippen LogP contribution >= 0.6 is 0 Å². The van der Waals surface area contributed by atoms with E-state index in [1.165, 1.54) is 24.0 Å². The summed E-state index contributed by atoms with van der Waals surface area (Å²) in [6, 6.07) is 0. The minimum Gasteiger partial charge on any atom is -0.366 e. The molecule has 0 spiro atoms. The second-order valence-corrected chi connectivity index (χ2v) is 3.87. The molecule has 0 unspecified atom stereocenters. The lowest BCUT2D eigenvalue weighted by atomic mass is 9.86. The molecule has 74 valence electrons. The molecule has 0 heterocycles. The topological polar surface area (TPSA) is 43.1 Å². The second kappa shape index (κ2) is 3.82. The van der Waals surface area contributed by atoms with Crippen LogP contribution in [-0.2, 0) is 4.79 Å². The number of rotatable bonds is 1. The minimum atomic E-state index is -0.286. The number of nitrogens with two attached hydrogens (primary N) is 1. The van der Waals surface area contributed by atoms with E-state index in [0.29, 0.717) is 0 Å². The summed E-state index contributed by atoms with van der Waals surface area (Å²) in [5, 5.41) is 0. The van der Waals surface area contributed by atoms with E-state index in [0.717, 1.165) is 24.8 Å². The maximum Gasteiger partial charge on any atom is 0.248 e. The van der Waals surface area contributed by atoms with Gasteiger partial charge in [0.2, 0.25) is 5.91 Å². The van der Waals surface area contributed by atoms with Crippen LogP contribution in [0.2, 0.25) is 0 Å². The Morgan fingerprint density at radius 2 is 2.07 bits per heavy atom. The standard InChI is InChI=1S/C12H15NO/c13-12(14)11-8-4-2-6-9-5-1-3-7-10(9)11/h2,4,8H,1,3,5-7H2,(H2,13,14). The maximum atomic E-state index is 11.2. The molecule has 2 aliphatic carbocycles. The fourth-order valence-corrected chi connectivity index (χ4v) is 2.22. The van der Waals surface area contributed by atoms with Gasteiger partial charge in [-0.05, 0) is 43.8 Å². The Morgan fingerprint density at radius 3 is 2.86 bits per heavy atom. The Kier molecular flexibility index (Phi) is 2.53. The van der Waals surface area contributed by atoms with Gasteiger partial charge in [-0.15, -0.1) is 0 Å². The zero-order chi connectivity index (χ0) is 9.97. The molecule has 0 radical (unpaired) electrons. The van der Waals surface area contributed by atoms with Gasteiger partial charge in [0.15, 0.2) is 0 Å². The van der Waals surface area contributed by atoms with Gasteiger partial charge in [-0.1, -0.05) is 17.7 Å². The van der Waals surface area contributed by atoms with Crippen LogP contribution in [0.1, 0.15) is 32.1 Å². The summed E-state index contributed by atoms with van der Waals surface area (Å²) >= 11 is 0. The number of primary amides is 1. The molecule has 0 aliphatic heterocycles. The van der Waals surface area contributed by atoms with Crippen molar-refractivity contribution in [2.45, 2.75) is 32.1 Å². The number of hydrogen-bond acceptors (Lipinski definition) is 1. The molecule has 0 atom stereocenters. The lowest BCUT2D eigenvalue weighted by molar-refractivity contribution is -0.114. The lowest BCUT2D eigenvalue weighted by Crippen LogP contribution is -2.17. The first-order chi connectivity index (χ1) is 6.79. The van der Waals surface area contributed by atoms with Gasteiger partial charge in [-0.3, -0.25) is 4.79 Å². The molecular weight excluding hydrogens is 174 g/mol. The van der Waals surface area contributed by atoms with Crippen molar-refractivity contribution >= 4 is 5.91 Å². The van der Waals surface area contributed by atoms with E-state index in [1.807, 2.05) is 12.2 Å². The maximum absolute atomic E-state index is 11.2. The molecular formula is C12H15NO. The first-order valence-corrected chi connectivity index (χ1v) is 5.17. The van der Waals surface area contributed by atoms with Gasteiger partial charge in [0.1, 0.15) is 0 Å². The number of allylic oxidation sites excluding steroid dienone is 4. The first kappa shape index (κ1) is 9.25. The molecule has 0 saturated carbocycles. The van der Waals surface area contributed by atoms with Gasteiger partial charge in [-0.2, -0.15) is 0 Å². The van der Waals surface area contributed by atoms with Gasteiger partial charge < -0.3 is 5.73 Å². The van der Waals surface area contributed by atoms with Crippen LogP contribution in [0.3, 0.4) is 0 Å². The Labute approximate surface area is 84.2 Å². The van der Waals surface area contributed by atoms with Crippen LogP contribution in [0.4, 0.5) is 0 Å². The molecule has 2 heteroatoms. The minimum absolute atomic E-state index is 0.286. The van der Waals surface area contributed by atoms with E-state index in [2.05, 4.69) is 6.08 Å². The van der Waals surface area contributed by atoms with E-state index in [1.54, 1.807) is 0 Å². The summed E-state index contributed by atoms with van der Waals surface area (Å²) in [6.07, 6.45) is 11.5. The van der Waals surface area contributed by atoms with Crippen LogP contribution in [0.25, 0.3) is 0 Å². The number of carbonyl (C=O) groups is 1. The molecule has 1 amide bonds. The van der Waals surface area contributed by atoms with Gasteiger partial charge in [-0.25, -0.2) is 0 Å². The van der Waals surface area contributed by atoms with Crippen LogP contribution in [-0.4, -0.2) is 5.91 Å². The van der Waals surface area contributed by atoms with Crippen molar-refractivity contribution in [3.05, 3.63) is 34.9 Å². The van der Waals surface area contributed by atoms with E-state index in [9.17, 15) is 4.79 Å². The van der Waals surface area contributed by atoms with Crippen LogP contribution in [0.15, 0.2) is 34.9 Å². The second-order valence-electron chi connectivity index (χ2n) is 3.87. The van der Waals surface area contributed by atoms with Gasteiger partial charge in [0, 0.05) is 5.57 Å². The highest BCUT2D eigenvalue weighted by Gasteiger charge is 2.19. The third-order valence-corrected chi connectivity index (χ3v) is 2.94. The Bertz CT molecular complexity index is 347. The summed E-state index contributed by atoms with van der Waals surface area (Å²) in [5.74, 6) is -0.286. The molecule has 14 heavy (non-hydrogen) atoms. The highest BCUT2D eigenvalue weighted by molar-refractivity contribution is 5.97. The van der Waals surface area contributed by atoms with E-state index in [-0.39, 0.29) is 5.91 Å². The Balaban J connectivity index is 2.41. The largest absolute Gasteiger partial charge is 0.366 e. The fraction of sp³-hybridized carbons (Fsp3) is 0.417. The van der Waals surface area contributed by atoms with Crippen molar-refractivity contribution in [1.29, 1.82) is 0 Å². The van der Waals surface area contributed by atoms with Gasteiger partial charge in [0.05, 0.1) is 0 Å². The van der Waals surface area contributed by atoms with E-state index < -0.39 is 0 Å². The zero-order valence-corrected chi connectivity index (χ0v) is 8.25. The first-order valence-electron chi connectivity index (χ1n) is 5.17. The summed E-state index contributed by atoms with van der Waals surface area (Å²) < 4.78 is 0. The van der Waals surface area contributed by atoms with Crippen LogP contribution in [0.5, 0.6) is 0 Å². The molecule has 2 aliphatic rings. The SMILES string of the molecule is NC(=O)C1=CC=CCC2=C1CCCC2. The smallest absolute Gasteiger partial charge is 0.248 e. The zero-order valence-electron chi connectivity index (χ0n) is 8.25. The van der Waals surface area contributed by atoms with Crippen molar-refractivity contribution in [2.24, 2.45) is 5.73 Å². The van der Waals surface area contributed by atoms with Gasteiger partial charge >= 0.3 is 0 Å². The quantitative estimate of drug-likeness (QED) is 0.675. The third-order valence-electron chi connectivity index (χ3n) is 2.94. The third kappa shape index (κ3) is 1.65. The predicted molar refractivity (Wildman–Crippen MR) is 56.5 cm³/mol. The van der Waals surface area contributed by atoms with Crippen molar-refractivity contribution in [1.82, 2.24) is 0 Å². The average Bonchev–Trinajstić information content (AvgIpc) is 2.39. The summed E-state index contributed by atoms with van der Waals surface area (Å²) in [6.45, 7) is 0. The van der Waals surface area contributed by atoms with Crippen LogP contribution < -0.4 is 5.73 Å². The van der Waals surface area contributed by atoms with Gasteiger partial charge in [0.25, 0.3) is 0 Å². The molecule has 0 aromatic carbocycles.